The second-order valence-corrected chi connectivity index (χ2v) is 9.72. The van der Waals surface area contributed by atoms with Crippen LogP contribution in [0.25, 0.3) is 0 Å². The molecule has 0 saturated heterocycles. The van der Waals surface area contributed by atoms with E-state index in [4.69, 9.17) is 11.6 Å². The Morgan fingerprint density at radius 3 is 2.83 bits per heavy atom. The van der Waals surface area contributed by atoms with E-state index in [2.05, 4.69) is 20.5 Å². The number of halogens is 1. The number of anilines is 1. The number of likely N-dealkylation sites (N-methyl/N-ethyl adjacent to an activating group) is 1. The lowest BCUT2D eigenvalue weighted by molar-refractivity contribution is 0.0954. The Bertz CT molecular complexity index is 1110. The Hall–Kier alpha value is -2.46. The molecule has 3 aromatic rings. The third-order valence-electron chi connectivity index (χ3n) is 4.74. The highest BCUT2D eigenvalue weighted by Crippen LogP contribution is 2.29. The molecule has 0 aliphatic carbocycles. The highest BCUT2D eigenvalue weighted by Gasteiger charge is 2.22. The van der Waals surface area contributed by atoms with Gasteiger partial charge >= 0.3 is 0 Å². The first-order valence-corrected chi connectivity index (χ1v) is 11.2. The average molecular weight is 463 g/mol. The van der Waals surface area contributed by atoms with Gasteiger partial charge in [-0.1, -0.05) is 17.7 Å². The molecule has 4 rings (SSSR count). The average Bonchev–Trinajstić information content (AvgIpc) is 3.33. The molecule has 2 aromatic heterocycles. The Kier molecular flexibility index (Phi) is 6.05. The number of rotatable bonds is 5. The van der Waals surface area contributed by atoms with E-state index < -0.39 is 0 Å². The zero-order valence-corrected chi connectivity index (χ0v) is 18.5. The molecule has 7 nitrogen and oxygen atoms in total. The van der Waals surface area contributed by atoms with Crippen molar-refractivity contribution in [2.45, 2.75) is 19.5 Å². The number of carbonyl (C=O) groups is 2. The number of nitrogens with zero attached hydrogens (tertiary/aromatic N) is 2. The number of thiazole rings is 1. The first-order chi connectivity index (χ1) is 14.4. The van der Waals surface area contributed by atoms with Gasteiger partial charge in [-0.15, -0.1) is 22.7 Å². The summed E-state index contributed by atoms with van der Waals surface area (Å²) in [5.74, 6) is -0.651. The molecule has 1 aliphatic rings. The number of hydrogen-bond acceptors (Lipinski definition) is 7. The fourth-order valence-corrected chi connectivity index (χ4v) is 5.21. The lowest BCUT2D eigenvalue weighted by atomic mass is 10.1. The standard InChI is InChI=1S/C20H19ClN4O3S2/c1-25-8-7-13-16(10-25)30-20(24-13)19(28)23-12-3-2-4-14(26)11(12)9-22-18(27)15-5-6-17(21)29-15/h2-6,26H,7-10H2,1H3,(H,22,27)(H,23,28). The fourth-order valence-electron chi connectivity index (χ4n) is 3.17. The number of carbonyl (C=O) groups excluding carboxylic acids is 2. The minimum Gasteiger partial charge on any atom is -0.508 e. The van der Waals surface area contributed by atoms with E-state index in [1.54, 1.807) is 24.3 Å². The highest BCUT2D eigenvalue weighted by molar-refractivity contribution is 7.18. The molecule has 3 N–H and O–H groups in total. The molecule has 0 fully saturated rings. The van der Waals surface area contributed by atoms with Gasteiger partial charge in [-0.25, -0.2) is 4.98 Å². The van der Waals surface area contributed by atoms with Crippen molar-refractivity contribution in [2.24, 2.45) is 0 Å². The number of nitrogens with one attached hydrogen (secondary N) is 2. The van der Waals surface area contributed by atoms with Crippen LogP contribution in [0, 0.1) is 0 Å². The number of phenols is 1. The summed E-state index contributed by atoms with van der Waals surface area (Å²) in [5.41, 5.74) is 1.82. The van der Waals surface area contributed by atoms with Gasteiger partial charge in [0.05, 0.1) is 14.9 Å². The number of fused-ring (bicyclic) bond motifs is 1. The summed E-state index contributed by atoms with van der Waals surface area (Å²) in [4.78, 5) is 33.3. The first kappa shape index (κ1) is 20.8. The van der Waals surface area contributed by atoms with Crippen molar-refractivity contribution in [2.75, 3.05) is 18.9 Å². The van der Waals surface area contributed by atoms with Gasteiger partial charge in [0.1, 0.15) is 5.75 Å². The Morgan fingerprint density at radius 2 is 2.07 bits per heavy atom. The van der Waals surface area contributed by atoms with Crippen LogP contribution in [-0.2, 0) is 19.5 Å². The third kappa shape index (κ3) is 4.49. The van der Waals surface area contributed by atoms with E-state index in [9.17, 15) is 14.7 Å². The van der Waals surface area contributed by atoms with E-state index in [0.717, 1.165) is 30.1 Å². The molecule has 0 atom stereocenters. The molecule has 2 amide bonds. The van der Waals surface area contributed by atoms with E-state index in [-0.39, 0.29) is 24.1 Å². The van der Waals surface area contributed by atoms with Crippen LogP contribution in [0.2, 0.25) is 4.34 Å². The maximum atomic E-state index is 12.8. The number of aromatic nitrogens is 1. The van der Waals surface area contributed by atoms with Crippen molar-refractivity contribution in [3.63, 3.8) is 0 Å². The molecule has 1 aromatic carbocycles. The second-order valence-electron chi connectivity index (χ2n) is 6.92. The van der Waals surface area contributed by atoms with Gasteiger partial charge in [-0.3, -0.25) is 9.59 Å². The summed E-state index contributed by atoms with van der Waals surface area (Å²) in [6.45, 7) is 1.76. The molecular formula is C20H19ClN4O3S2. The predicted octanol–water partition coefficient (Wildman–Crippen LogP) is 3.73. The molecule has 3 heterocycles. The van der Waals surface area contributed by atoms with Gasteiger partial charge in [-0.05, 0) is 31.3 Å². The summed E-state index contributed by atoms with van der Waals surface area (Å²) < 4.78 is 0.521. The predicted molar refractivity (Wildman–Crippen MR) is 119 cm³/mol. The van der Waals surface area contributed by atoms with Gasteiger partial charge in [0, 0.05) is 42.2 Å². The van der Waals surface area contributed by atoms with Crippen LogP contribution in [0.3, 0.4) is 0 Å². The smallest absolute Gasteiger partial charge is 0.284 e. The van der Waals surface area contributed by atoms with E-state index in [1.165, 1.54) is 28.7 Å². The number of phenolic OH excluding ortho intramolecular Hbond substituents is 1. The molecule has 0 saturated carbocycles. The van der Waals surface area contributed by atoms with Gasteiger partial charge < -0.3 is 20.6 Å². The van der Waals surface area contributed by atoms with Gasteiger partial charge in [-0.2, -0.15) is 0 Å². The van der Waals surface area contributed by atoms with Crippen molar-refractivity contribution in [3.05, 3.63) is 60.7 Å². The maximum Gasteiger partial charge on any atom is 0.284 e. The lowest BCUT2D eigenvalue weighted by Gasteiger charge is -2.20. The zero-order valence-electron chi connectivity index (χ0n) is 16.1. The minimum atomic E-state index is -0.333. The van der Waals surface area contributed by atoms with Crippen molar-refractivity contribution >= 4 is 51.8 Å². The Labute approximate surface area is 186 Å². The summed E-state index contributed by atoms with van der Waals surface area (Å²) in [6, 6.07) is 8.12. The largest absolute Gasteiger partial charge is 0.508 e. The number of aromatic hydroxyl groups is 1. The SMILES string of the molecule is CN1CCc2nc(C(=O)Nc3cccc(O)c3CNC(=O)c3ccc(Cl)s3)sc2C1. The second kappa shape index (κ2) is 8.73. The molecule has 10 heteroatoms. The number of hydrogen-bond donors (Lipinski definition) is 3. The number of amides is 2. The van der Waals surface area contributed by atoms with Crippen molar-refractivity contribution in [3.8, 4) is 5.75 Å². The zero-order chi connectivity index (χ0) is 21.3. The van der Waals surface area contributed by atoms with Crippen LogP contribution in [0.15, 0.2) is 30.3 Å². The van der Waals surface area contributed by atoms with Crippen LogP contribution in [0.1, 0.15) is 35.6 Å². The Balaban J connectivity index is 1.49. The summed E-state index contributed by atoms with van der Waals surface area (Å²) in [5, 5.41) is 16.2. The van der Waals surface area contributed by atoms with Crippen LogP contribution in [0.4, 0.5) is 5.69 Å². The van der Waals surface area contributed by atoms with Crippen molar-refractivity contribution in [1.29, 1.82) is 0 Å². The van der Waals surface area contributed by atoms with E-state index >= 15 is 0 Å². The summed E-state index contributed by atoms with van der Waals surface area (Å²) in [6.07, 6.45) is 0.825. The van der Waals surface area contributed by atoms with E-state index in [0.29, 0.717) is 25.5 Å². The summed E-state index contributed by atoms with van der Waals surface area (Å²) >= 11 is 8.43. The van der Waals surface area contributed by atoms with Gasteiger partial charge in [0.25, 0.3) is 11.8 Å². The van der Waals surface area contributed by atoms with Gasteiger partial charge in [0.2, 0.25) is 0 Å². The van der Waals surface area contributed by atoms with Gasteiger partial charge in [0.15, 0.2) is 5.01 Å². The normalized spacial score (nSPS) is 13.7. The van der Waals surface area contributed by atoms with Crippen molar-refractivity contribution < 1.29 is 14.7 Å². The fraction of sp³-hybridized carbons (Fsp3) is 0.250. The highest BCUT2D eigenvalue weighted by atomic mass is 35.5. The molecule has 1 aliphatic heterocycles. The quantitative estimate of drug-likeness (QED) is 0.537. The molecule has 0 bridgehead atoms. The van der Waals surface area contributed by atoms with Crippen molar-refractivity contribution in [1.82, 2.24) is 15.2 Å². The van der Waals surface area contributed by atoms with Crippen LogP contribution in [0.5, 0.6) is 5.75 Å². The van der Waals surface area contributed by atoms with Crippen LogP contribution < -0.4 is 10.6 Å². The molecule has 0 radical (unpaired) electrons. The topological polar surface area (TPSA) is 94.6 Å². The minimum absolute atomic E-state index is 0.0163. The molecule has 0 spiro atoms. The van der Waals surface area contributed by atoms with Crippen LogP contribution >= 0.6 is 34.3 Å². The van der Waals surface area contributed by atoms with E-state index in [1.807, 2.05) is 7.05 Å². The third-order valence-corrected chi connectivity index (χ3v) is 7.05. The first-order valence-electron chi connectivity index (χ1n) is 9.23. The lowest BCUT2D eigenvalue weighted by Crippen LogP contribution is -2.25. The number of benzene rings is 1. The monoisotopic (exact) mass is 462 g/mol. The summed E-state index contributed by atoms with van der Waals surface area (Å²) in [7, 11) is 2.04. The molecular weight excluding hydrogens is 444 g/mol. The Morgan fingerprint density at radius 1 is 1.23 bits per heavy atom. The molecule has 156 valence electrons. The molecule has 30 heavy (non-hydrogen) atoms. The van der Waals surface area contributed by atoms with Crippen LogP contribution in [-0.4, -0.2) is 40.4 Å². The number of thiophene rings is 1. The maximum absolute atomic E-state index is 12.8. The molecule has 0 unspecified atom stereocenters.